The number of nitrogens with zero attached hydrogens (tertiary/aromatic N) is 1. The summed E-state index contributed by atoms with van der Waals surface area (Å²) in [5.41, 5.74) is 1.03. The van der Waals surface area contributed by atoms with E-state index in [-0.39, 0.29) is 5.69 Å². The van der Waals surface area contributed by atoms with Gasteiger partial charge in [0.15, 0.2) is 0 Å². The zero-order valence-electron chi connectivity index (χ0n) is 8.75. The van der Waals surface area contributed by atoms with E-state index in [0.717, 1.165) is 11.6 Å². The third-order valence-electron chi connectivity index (χ3n) is 2.26. The quantitative estimate of drug-likeness (QED) is 0.905. The molecule has 0 fully saturated rings. The van der Waals surface area contributed by atoms with Gasteiger partial charge in [0.05, 0.1) is 10.7 Å². The van der Waals surface area contributed by atoms with Gasteiger partial charge < -0.3 is 5.32 Å². The van der Waals surface area contributed by atoms with Crippen molar-refractivity contribution in [3.63, 3.8) is 0 Å². The Balaban J connectivity index is 2.10. The van der Waals surface area contributed by atoms with E-state index in [1.54, 1.807) is 12.3 Å². The highest BCUT2D eigenvalue weighted by Gasteiger charge is 2.04. The number of hydrogen-bond acceptors (Lipinski definition) is 2. The van der Waals surface area contributed by atoms with Crippen LogP contribution in [0.3, 0.4) is 0 Å². The fourth-order valence-corrected chi connectivity index (χ4v) is 1.56. The van der Waals surface area contributed by atoms with E-state index in [1.165, 1.54) is 18.3 Å². The predicted molar refractivity (Wildman–Crippen MR) is 62.9 cm³/mol. The van der Waals surface area contributed by atoms with Gasteiger partial charge in [0.25, 0.3) is 0 Å². The first-order chi connectivity index (χ1) is 8.16. The van der Waals surface area contributed by atoms with Gasteiger partial charge in [-0.05, 0) is 23.8 Å². The van der Waals surface area contributed by atoms with Crippen molar-refractivity contribution in [2.45, 2.75) is 6.54 Å². The molecule has 0 unspecified atom stereocenters. The average Bonchev–Trinajstić information content (AvgIpc) is 2.30. The van der Waals surface area contributed by atoms with Crippen LogP contribution in [0, 0.1) is 11.6 Å². The van der Waals surface area contributed by atoms with Gasteiger partial charge in [-0.3, -0.25) is 4.98 Å². The van der Waals surface area contributed by atoms with Crippen molar-refractivity contribution < 1.29 is 8.78 Å². The minimum Gasteiger partial charge on any atom is -0.379 e. The summed E-state index contributed by atoms with van der Waals surface area (Å²) < 4.78 is 26.0. The molecule has 1 N–H and O–H groups in total. The molecular weight excluding hydrogens is 246 g/mol. The standard InChI is InChI=1S/C12H9ClF2N2/c13-10-7-16-4-3-8(10)6-17-12-2-1-9(14)5-11(12)15/h1-5,7,17H,6H2. The topological polar surface area (TPSA) is 24.9 Å². The second-order valence-electron chi connectivity index (χ2n) is 3.44. The SMILES string of the molecule is Fc1ccc(NCc2ccncc2Cl)c(F)c1. The Morgan fingerprint density at radius 1 is 1.24 bits per heavy atom. The summed E-state index contributed by atoms with van der Waals surface area (Å²) in [7, 11) is 0. The smallest absolute Gasteiger partial charge is 0.149 e. The first-order valence-electron chi connectivity index (χ1n) is 4.94. The van der Waals surface area contributed by atoms with Crippen LogP contribution in [0.2, 0.25) is 5.02 Å². The van der Waals surface area contributed by atoms with Gasteiger partial charge in [0.2, 0.25) is 0 Å². The van der Waals surface area contributed by atoms with Gasteiger partial charge >= 0.3 is 0 Å². The zero-order valence-corrected chi connectivity index (χ0v) is 9.51. The van der Waals surface area contributed by atoms with Crippen LogP contribution in [0.4, 0.5) is 14.5 Å². The maximum Gasteiger partial charge on any atom is 0.149 e. The Kier molecular flexibility index (Phi) is 3.54. The fraction of sp³-hybridized carbons (Fsp3) is 0.0833. The molecular formula is C12H9ClF2N2. The van der Waals surface area contributed by atoms with Crippen LogP contribution in [0.5, 0.6) is 0 Å². The molecule has 2 aromatic rings. The minimum absolute atomic E-state index is 0.235. The summed E-state index contributed by atoms with van der Waals surface area (Å²) >= 11 is 5.90. The van der Waals surface area contributed by atoms with E-state index in [9.17, 15) is 8.78 Å². The molecule has 1 aromatic carbocycles. The van der Waals surface area contributed by atoms with E-state index in [4.69, 9.17) is 11.6 Å². The molecule has 17 heavy (non-hydrogen) atoms. The van der Waals surface area contributed by atoms with Crippen molar-refractivity contribution in [2.24, 2.45) is 0 Å². The van der Waals surface area contributed by atoms with E-state index in [0.29, 0.717) is 11.6 Å². The highest BCUT2D eigenvalue weighted by molar-refractivity contribution is 6.31. The molecule has 0 aliphatic carbocycles. The lowest BCUT2D eigenvalue weighted by Crippen LogP contribution is -2.02. The van der Waals surface area contributed by atoms with Crippen molar-refractivity contribution in [1.82, 2.24) is 4.98 Å². The fourth-order valence-electron chi connectivity index (χ4n) is 1.37. The van der Waals surface area contributed by atoms with Crippen LogP contribution in [0.1, 0.15) is 5.56 Å². The van der Waals surface area contributed by atoms with Gasteiger partial charge in [-0.25, -0.2) is 8.78 Å². The van der Waals surface area contributed by atoms with Crippen LogP contribution >= 0.6 is 11.6 Å². The molecule has 0 bridgehead atoms. The normalized spacial score (nSPS) is 10.3. The number of nitrogens with one attached hydrogen (secondary N) is 1. The van der Waals surface area contributed by atoms with Crippen LogP contribution < -0.4 is 5.32 Å². The van der Waals surface area contributed by atoms with Gasteiger partial charge in [-0.15, -0.1) is 0 Å². The van der Waals surface area contributed by atoms with E-state index >= 15 is 0 Å². The average molecular weight is 255 g/mol. The van der Waals surface area contributed by atoms with Gasteiger partial charge in [-0.1, -0.05) is 11.6 Å². The van der Waals surface area contributed by atoms with Gasteiger partial charge in [-0.2, -0.15) is 0 Å². The van der Waals surface area contributed by atoms with E-state index < -0.39 is 11.6 Å². The summed E-state index contributed by atoms with van der Waals surface area (Å²) in [5.74, 6) is -1.23. The van der Waals surface area contributed by atoms with Crippen LogP contribution in [0.25, 0.3) is 0 Å². The Bertz CT molecular complexity index is 532. The van der Waals surface area contributed by atoms with E-state index in [2.05, 4.69) is 10.3 Å². The maximum absolute atomic E-state index is 13.3. The molecule has 1 aromatic heterocycles. The monoisotopic (exact) mass is 254 g/mol. The van der Waals surface area contributed by atoms with Crippen molar-refractivity contribution in [2.75, 3.05) is 5.32 Å². The largest absolute Gasteiger partial charge is 0.379 e. The van der Waals surface area contributed by atoms with Crippen LogP contribution in [-0.2, 0) is 6.54 Å². The number of benzene rings is 1. The first kappa shape index (κ1) is 11.8. The van der Waals surface area contributed by atoms with Gasteiger partial charge in [0.1, 0.15) is 11.6 Å². The van der Waals surface area contributed by atoms with Gasteiger partial charge in [0, 0.05) is 25.0 Å². The molecule has 88 valence electrons. The highest BCUT2D eigenvalue weighted by atomic mass is 35.5. The molecule has 0 radical (unpaired) electrons. The number of halogens is 3. The molecule has 0 spiro atoms. The third kappa shape index (κ3) is 2.91. The Hall–Kier alpha value is -1.68. The molecule has 0 aliphatic rings. The molecule has 1 heterocycles. The lowest BCUT2D eigenvalue weighted by atomic mass is 10.2. The van der Waals surface area contributed by atoms with Crippen molar-refractivity contribution in [3.8, 4) is 0 Å². The molecule has 0 saturated carbocycles. The molecule has 0 amide bonds. The lowest BCUT2D eigenvalue weighted by molar-refractivity contribution is 0.585. The molecule has 0 saturated heterocycles. The molecule has 2 rings (SSSR count). The Morgan fingerprint density at radius 3 is 2.76 bits per heavy atom. The van der Waals surface area contributed by atoms with Crippen LogP contribution in [0.15, 0.2) is 36.7 Å². The number of anilines is 1. The van der Waals surface area contributed by atoms with Crippen molar-refractivity contribution in [3.05, 3.63) is 58.9 Å². The Morgan fingerprint density at radius 2 is 2.06 bits per heavy atom. The summed E-state index contributed by atoms with van der Waals surface area (Å²) in [6, 6.07) is 5.10. The summed E-state index contributed by atoms with van der Waals surface area (Å²) in [5, 5.41) is 3.35. The van der Waals surface area contributed by atoms with E-state index in [1.807, 2.05) is 0 Å². The highest BCUT2D eigenvalue weighted by Crippen LogP contribution is 2.18. The van der Waals surface area contributed by atoms with Crippen LogP contribution in [-0.4, -0.2) is 4.98 Å². The number of pyridine rings is 1. The minimum atomic E-state index is -0.629. The van der Waals surface area contributed by atoms with Crippen molar-refractivity contribution in [1.29, 1.82) is 0 Å². The molecule has 2 nitrogen and oxygen atoms in total. The first-order valence-corrected chi connectivity index (χ1v) is 5.32. The second-order valence-corrected chi connectivity index (χ2v) is 3.85. The second kappa shape index (κ2) is 5.10. The lowest BCUT2D eigenvalue weighted by Gasteiger charge is -2.08. The zero-order chi connectivity index (χ0) is 12.3. The third-order valence-corrected chi connectivity index (χ3v) is 2.60. The van der Waals surface area contributed by atoms with Crippen molar-refractivity contribution >= 4 is 17.3 Å². The molecule has 5 heteroatoms. The summed E-state index contributed by atoms with van der Waals surface area (Å²) in [6.07, 6.45) is 3.11. The predicted octanol–water partition coefficient (Wildman–Crippen LogP) is 3.63. The Labute approximate surface area is 102 Å². The summed E-state index contributed by atoms with van der Waals surface area (Å²) in [6.45, 7) is 0.351. The summed E-state index contributed by atoms with van der Waals surface area (Å²) in [4.78, 5) is 3.85. The maximum atomic E-state index is 13.3. The number of aromatic nitrogens is 1. The number of rotatable bonds is 3. The molecule has 0 atom stereocenters. The number of hydrogen-bond donors (Lipinski definition) is 1. The molecule has 0 aliphatic heterocycles.